The fourth-order valence-electron chi connectivity index (χ4n) is 1.47. The number of hydrogen-bond donors (Lipinski definition) is 0. The minimum Gasteiger partial charge on any atom is -0.723 e. The number of rotatable bonds is 4. The maximum absolute atomic E-state index is 10.7. The average molecular weight is 290 g/mol. The van der Waals surface area contributed by atoms with E-state index in [0.717, 1.165) is 0 Å². The molecule has 2 aromatic heterocycles. The summed E-state index contributed by atoms with van der Waals surface area (Å²) in [4.78, 5) is 22.6. The first-order valence-corrected chi connectivity index (χ1v) is 5.08. The van der Waals surface area contributed by atoms with Crippen molar-refractivity contribution < 1.29 is 79.2 Å². The predicted molar refractivity (Wildman–Crippen MR) is 56.6 cm³/mol. The smallest absolute Gasteiger partial charge is 0.723 e. The van der Waals surface area contributed by atoms with Crippen molar-refractivity contribution in [2.24, 2.45) is 0 Å². The van der Waals surface area contributed by atoms with Crippen molar-refractivity contribution in [2.45, 2.75) is 6.61 Å². The third-order valence-corrected chi connectivity index (χ3v) is 2.31. The number of hydrogen-bond acceptors (Lipinski definition) is 6. The van der Waals surface area contributed by atoms with E-state index in [1.54, 1.807) is 12.1 Å². The summed E-state index contributed by atoms with van der Waals surface area (Å²) in [6.45, 7) is -0.0876. The summed E-state index contributed by atoms with van der Waals surface area (Å²) in [6.07, 6.45) is 2.86. The van der Waals surface area contributed by atoms with Crippen LogP contribution in [-0.2, 0) is 11.5 Å². The second kappa shape index (κ2) is 9.59. The summed E-state index contributed by atoms with van der Waals surface area (Å²) >= 11 is 0. The molecule has 2 rings (SSSR count). The van der Waals surface area contributed by atoms with Crippen molar-refractivity contribution in [3.63, 3.8) is 0 Å². The minimum absolute atomic E-state index is 0. The van der Waals surface area contributed by atoms with Crippen LogP contribution < -0.4 is 69.5 Å². The number of carboxylic acid groups (broad SMARTS) is 1. The molecule has 6 nitrogen and oxygen atoms in total. The van der Waals surface area contributed by atoms with Gasteiger partial charge in [0.1, 0.15) is 0 Å². The van der Waals surface area contributed by atoms with E-state index < -0.39 is 5.97 Å². The van der Waals surface area contributed by atoms with Crippen LogP contribution in [0.3, 0.4) is 0 Å². The molecule has 8 heteroatoms. The predicted octanol–water partition coefficient (Wildman–Crippen LogP) is -6.69. The molecular formula is C12H8N2Na2O4. The summed E-state index contributed by atoms with van der Waals surface area (Å²) in [5.41, 5.74) is 1.51. The molecule has 0 fully saturated rings. The summed E-state index contributed by atoms with van der Waals surface area (Å²) in [7, 11) is 0. The molecule has 0 radical (unpaired) electrons. The number of nitrogens with zero attached hydrogens (tertiary/aromatic N) is 2. The molecule has 0 saturated carbocycles. The molecule has 0 atom stereocenters. The van der Waals surface area contributed by atoms with Gasteiger partial charge >= 0.3 is 59.1 Å². The van der Waals surface area contributed by atoms with Gasteiger partial charge in [-0.25, -0.2) is 0 Å². The number of aromatic nitrogens is 2. The Kier molecular flexibility index (Phi) is 9.45. The fourth-order valence-corrected chi connectivity index (χ4v) is 1.47. The quantitative estimate of drug-likeness (QED) is 0.315. The minimum atomic E-state index is -1.28. The number of carbonyl (C=O) groups is 1. The Bertz CT molecular complexity index is 581. The maximum Gasteiger partial charge on any atom is 1.00 e. The van der Waals surface area contributed by atoms with E-state index in [1.165, 1.54) is 24.5 Å². The number of aromatic carboxylic acids is 1. The zero-order valence-corrected chi connectivity index (χ0v) is 15.2. The van der Waals surface area contributed by atoms with Crippen molar-refractivity contribution in [2.75, 3.05) is 0 Å². The Hall–Kier alpha value is -0.310. The summed E-state index contributed by atoms with van der Waals surface area (Å²) in [5, 5.41) is 20.8. The largest absolute Gasteiger partial charge is 1.00 e. The number of pyridine rings is 2. The molecule has 0 bridgehead atoms. The van der Waals surface area contributed by atoms with Crippen LogP contribution in [0.25, 0.3) is 11.4 Å². The Balaban J connectivity index is 0.00000180. The van der Waals surface area contributed by atoms with Gasteiger partial charge in [0.05, 0.1) is 24.0 Å². The zero-order chi connectivity index (χ0) is 13.0. The second-order valence-corrected chi connectivity index (χ2v) is 3.53. The second-order valence-electron chi connectivity index (χ2n) is 3.53. The van der Waals surface area contributed by atoms with E-state index in [-0.39, 0.29) is 71.3 Å². The first kappa shape index (κ1) is 19.7. The van der Waals surface area contributed by atoms with Gasteiger partial charge in [-0.3, -0.25) is 9.97 Å². The molecule has 0 aliphatic heterocycles. The van der Waals surface area contributed by atoms with Crippen LogP contribution in [0.4, 0.5) is 0 Å². The molecule has 2 heterocycles. The van der Waals surface area contributed by atoms with Gasteiger partial charge in [-0.05, 0) is 29.8 Å². The molecule has 0 aromatic carbocycles. The molecule has 0 N–H and O–H groups in total. The van der Waals surface area contributed by atoms with Gasteiger partial charge < -0.3 is 20.0 Å². The van der Waals surface area contributed by atoms with E-state index in [0.29, 0.717) is 17.0 Å². The maximum atomic E-state index is 10.7. The molecule has 0 spiro atoms. The number of carbonyl (C=O) groups excluding carboxylic acids is 1. The fraction of sp³-hybridized carbons (Fsp3) is 0.0833. The summed E-state index contributed by atoms with van der Waals surface area (Å²) in [5.74, 6) is -1.28. The Labute approximate surface area is 159 Å². The van der Waals surface area contributed by atoms with E-state index in [9.17, 15) is 15.2 Å². The summed E-state index contributed by atoms with van der Waals surface area (Å²) in [6, 6.07) is 5.94. The average Bonchev–Trinajstić information content (AvgIpc) is 2.39. The molecule has 0 aliphatic rings. The van der Waals surface area contributed by atoms with Crippen molar-refractivity contribution >= 4 is 5.97 Å². The van der Waals surface area contributed by atoms with E-state index >= 15 is 0 Å². The molecule has 0 aliphatic carbocycles. The molecule has 0 amide bonds. The van der Waals surface area contributed by atoms with Crippen LogP contribution in [0.2, 0.25) is 0 Å². The Morgan fingerprint density at radius 3 is 2.30 bits per heavy atom. The summed E-state index contributed by atoms with van der Waals surface area (Å²) < 4.78 is 0. The molecule has 0 saturated heterocycles. The van der Waals surface area contributed by atoms with Crippen LogP contribution in [0.5, 0.6) is 0 Å². The van der Waals surface area contributed by atoms with Gasteiger partial charge in [0.2, 0.25) is 0 Å². The van der Waals surface area contributed by atoms with E-state index in [4.69, 9.17) is 0 Å². The van der Waals surface area contributed by atoms with Crippen LogP contribution in [0, 0.1) is 0 Å². The van der Waals surface area contributed by atoms with Gasteiger partial charge in [-0.2, -0.15) is 0 Å². The SMILES string of the molecule is O=C([O-])c1ccnc(-c2cc(CO[O-])ccn2)c1.[Na+].[Na+]. The number of carboxylic acids is 1. The van der Waals surface area contributed by atoms with Crippen molar-refractivity contribution in [3.8, 4) is 11.4 Å². The van der Waals surface area contributed by atoms with Gasteiger partial charge in [-0.15, -0.1) is 0 Å². The van der Waals surface area contributed by atoms with Crippen molar-refractivity contribution in [1.29, 1.82) is 0 Å². The normalized spacial score (nSPS) is 9.25. The Morgan fingerprint density at radius 2 is 1.70 bits per heavy atom. The van der Waals surface area contributed by atoms with E-state index in [1.807, 2.05) is 0 Å². The first-order valence-electron chi connectivity index (χ1n) is 5.08. The third kappa shape index (κ3) is 5.23. The molecule has 2 aromatic rings. The van der Waals surface area contributed by atoms with E-state index in [2.05, 4.69) is 14.9 Å². The van der Waals surface area contributed by atoms with Crippen LogP contribution in [0.1, 0.15) is 15.9 Å². The van der Waals surface area contributed by atoms with Gasteiger partial charge in [0.25, 0.3) is 0 Å². The monoisotopic (exact) mass is 290 g/mol. The van der Waals surface area contributed by atoms with Gasteiger partial charge in [-0.1, -0.05) is 0 Å². The topological polar surface area (TPSA) is 98.2 Å². The first-order chi connectivity index (χ1) is 8.70. The van der Waals surface area contributed by atoms with Gasteiger partial charge in [0.15, 0.2) is 0 Å². The van der Waals surface area contributed by atoms with Gasteiger partial charge in [0, 0.05) is 18.0 Å². The van der Waals surface area contributed by atoms with Crippen molar-refractivity contribution in [3.05, 3.63) is 47.8 Å². The molecular weight excluding hydrogens is 282 g/mol. The molecule has 20 heavy (non-hydrogen) atoms. The standard InChI is InChI=1S/C12H10N2O4.2Na/c15-12(16)9-2-4-14-11(6-9)10-5-8(7-18-17)1-3-13-10;;/h1-6,17H,7H2,(H,15,16);;/q;2*+1/p-2. The van der Waals surface area contributed by atoms with Crippen LogP contribution >= 0.6 is 0 Å². The van der Waals surface area contributed by atoms with Crippen molar-refractivity contribution in [1.82, 2.24) is 9.97 Å². The van der Waals surface area contributed by atoms with Crippen LogP contribution in [-0.4, -0.2) is 15.9 Å². The zero-order valence-electron chi connectivity index (χ0n) is 11.2. The third-order valence-electron chi connectivity index (χ3n) is 2.31. The Morgan fingerprint density at radius 1 is 1.10 bits per heavy atom. The van der Waals surface area contributed by atoms with Crippen LogP contribution in [0.15, 0.2) is 36.7 Å². The molecule has 92 valence electrons. The molecule has 0 unspecified atom stereocenters.